The van der Waals surface area contributed by atoms with Gasteiger partial charge in [-0.1, -0.05) is 26.2 Å². The summed E-state index contributed by atoms with van der Waals surface area (Å²) in [5, 5.41) is 5.81. The van der Waals surface area contributed by atoms with E-state index < -0.39 is 0 Å². The lowest BCUT2D eigenvalue weighted by atomic mass is 10.1. The van der Waals surface area contributed by atoms with Gasteiger partial charge < -0.3 is 5.32 Å². The van der Waals surface area contributed by atoms with Crippen molar-refractivity contribution >= 4 is 11.3 Å². The SMILES string of the molecule is CCCCCCNCCN1CCc2sccc2C1. The van der Waals surface area contributed by atoms with E-state index in [0.29, 0.717) is 0 Å². The molecule has 0 atom stereocenters. The number of fused-ring (bicyclic) bond motifs is 1. The number of thiophene rings is 1. The highest BCUT2D eigenvalue weighted by atomic mass is 32.1. The van der Waals surface area contributed by atoms with Crippen LogP contribution in [0.15, 0.2) is 11.4 Å². The van der Waals surface area contributed by atoms with Crippen LogP contribution in [0.3, 0.4) is 0 Å². The zero-order valence-corrected chi connectivity index (χ0v) is 12.4. The summed E-state index contributed by atoms with van der Waals surface area (Å²) in [4.78, 5) is 4.19. The molecule has 3 heteroatoms. The first-order valence-corrected chi connectivity index (χ1v) is 8.26. The van der Waals surface area contributed by atoms with E-state index >= 15 is 0 Å². The van der Waals surface area contributed by atoms with Gasteiger partial charge in [-0.25, -0.2) is 0 Å². The lowest BCUT2D eigenvalue weighted by molar-refractivity contribution is 0.256. The Hall–Kier alpha value is -0.380. The summed E-state index contributed by atoms with van der Waals surface area (Å²) in [7, 11) is 0. The monoisotopic (exact) mass is 266 g/mol. The van der Waals surface area contributed by atoms with Crippen molar-refractivity contribution in [3.63, 3.8) is 0 Å². The van der Waals surface area contributed by atoms with Crippen LogP contribution in [0, 0.1) is 0 Å². The van der Waals surface area contributed by atoms with Crippen LogP contribution >= 0.6 is 11.3 Å². The van der Waals surface area contributed by atoms with Crippen LogP contribution in [0.25, 0.3) is 0 Å². The van der Waals surface area contributed by atoms with Crippen LogP contribution in [0.5, 0.6) is 0 Å². The smallest absolute Gasteiger partial charge is 0.0245 e. The summed E-state index contributed by atoms with van der Waals surface area (Å²) in [5.41, 5.74) is 1.56. The van der Waals surface area contributed by atoms with Crippen LogP contribution < -0.4 is 5.32 Å². The van der Waals surface area contributed by atoms with Crippen molar-refractivity contribution in [2.24, 2.45) is 0 Å². The summed E-state index contributed by atoms with van der Waals surface area (Å²) < 4.78 is 0. The van der Waals surface area contributed by atoms with Crippen LogP contribution in [0.1, 0.15) is 43.0 Å². The molecule has 0 spiro atoms. The first kappa shape index (κ1) is 14.0. The highest BCUT2D eigenvalue weighted by Crippen LogP contribution is 2.23. The second kappa shape index (κ2) is 7.93. The third-order valence-corrected chi connectivity index (χ3v) is 4.72. The normalized spacial score (nSPS) is 15.8. The van der Waals surface area contributed by atoms with Crippen molar-refractivity contribution < 1.29 is 0 Å². The highest BCUT2D eigenvalue weighted by molar-refractivity contribution is 7.10. The molecule has 0 saturated carbocycles. The third-order valence-electron chi connectivity index (χ3n) is 3.70. The average Bonchev–Trinajstić information content (AvgIpc) is 2.85. The van der Waals surface area contributed by atoms with Crippen molar-refractivity contribution in [3.8, 4) is 0 Å². The fraction of sp³-hybridized carbons (Fsp3) is 0.733. The zero-order chi connectivity index (χ0) is 12.6. The molecule has 0 aliphatic carbocycles. The van der Waals surface area contributed by atoms with Gasteiger partial charge in [-0.2, -0.15) is 0 Å². The summed E-state index contributed by atoms with van der Waals surface area (Å²) >= 11 is 1.92. The molecule has 0 bridgehead atoms. The van der Waals surface area contributed by atoms with E-state index in [1.165, 1.54) is 51.7 Å². The van der Waals surface area contributed by atoms with E-state index in [-0.39, 0.29) is 0 Å². The molecule has 2 heterocycles. The minimum absolute atomic E-state index is 1.14. The predicted octanol–water partition coefficient (Wildman–Crippen LogP) is 3.28. The van der Waals surface area contributed by atoms with E-state index in [1.807, 2.05) is 11.3 Å². The molecular weight excluding hydrogens is 240 g/mol. The van der Waals surface area contributed by atoms with Gasteiger partial charge in [0, 0.05) is 31.1 Å². The van der Waals surface area contributed by atoms with Crippen LogP contribution in [0.4, 0.5) is 0 Å². The van der Waals surface area contributed by atoms with Gasteiger partial charge in [0.1, 0.15) is 0 Å². The molecule has 1 aromatic heterocycles. The van der Waals surface area contributed by atoms with Crippen molar-refractivity contribution in [2.75, 3.05) is 26.2 Å². The molecule has 0 amide bonds. The van der Waals surface area contributed by atoms with Crippen LogP contribution in [-0.2, 0) is 13.0 Å². The molecule has 1 aliphatic heterocycles. The maximum atomic E-state index is 3.57. The Labute approximate surface area is 115 Å². The lowest BCUT2D eigenvalue weighted by Crippen LogP contribution is -2.35. The molecule has 0 fully saturated rings. The highest BCUT2D eigenvalue weighted by Gasteiger charge is 2.16. The van der Waals surface area contributed by atoms with Gasteiger partial charge in [0.15, 0.2) is 0 Å². The van der Waals surface area contributed by atoms with Crippen LogP contribution in [-0.4, -0.2) is 31.1 Å². The Balaban J connectivity index is 1.53. The third kappa shape index (κ3) is 4.38. The number of rotatable bonds is 8. The van der Waals surface area contributed by atoms with Gasteiger partial charge >= 0.3 is 0 Å². The van der Waals surface area contributed by atoms with Gasteiger partial charge in [0.05, 0.1) is 0 Å². The van der Waals surface area contributed by atoms with Crippen molar-refractivity contribution in [1.29, 1.82) is 0 Å². The van der Waals surface area contributed by atoms with E-state index in [2.05, 4.69) is 28.6 Å². The molecule has 0 aromatic carbocycles. The lowest BCUT2D eigenvalue weighted by Gasteiger charge is -2.26. The van der Waals surface area contributed by atoms with Crippen molar-refractivity contribution in [1.82, 2.24) is 10.2 Å². The number of unbranched alkanes of at least 4 members (excludes halogenated alkanes) is 3. The number of nitrogens with zero attached hydrogens (tertiary/aromatic N) is 1. The molecule has 1 N–H and O–H groups in total. The Morgan fingerprint density at radius 3 is 3.11 bits per heavy atom. The average molecular weight is 266 g/mol. The van der Waals surface area contributed by atoms with Gasteiger partial charge in [-0.05, 0) is 36.4 Å². The molecule has 1 aliphatic rings. The molecule has 0 unspecified atom stereocenters. The Bertz CT molecular complexity index is 335. The minimum Gasteiger partial charge on any atom is -0.315 e. The number of nitrogens with one attached hydrogen (secondary N) is 1. The van der Waals surface area contributed by atoms with E-state index in [4.69, 9.17) is 0 Å². The number of hydrogen-bond acceptors (Lipinski definition) is 3. The van der Waals surface area contributed by atoms with Gasteiger partial charge in [-0.15, -0.1) is 11.3 Å². The second-order valence-corrected chi connectivity index (χ2v) is 6.21. The van der Waals surface area contributed by atoms with Crippen molar-refractivity contribution in [3.05, 3.63) is 21.9 Å². The predicted molar refractivity (Wildman–Crippen MR) is 80.3 cm³/mol. The Morgan fingerprint density at radius 2 is 2.22 bits per heavy atom. The van der Waals surface area contributed by atoms with Crippen LogP contribution in [0.2, 0.25) is 0 Å². The quantitative estimate of drug-likeness (QED) is 0.727. The molecular formula is C15H26N2S. The standard InChI is InChI=1S/C15H26N2S/c1-2-3-4-5-8-16-9-11-17-10-6-15-14(13-17)7-12-18-15/h7,12,16H,2-6,8-11,13H2,1H3. The Morgan fingerprint density at radius 1 is 1.28 bits per heavy atom. The Kier molecular flexibility index (Phi) is 6.18. The first-order chi connectivity index (χ1) is 8.90. The summed E-state index contributed by atoms with van der Waals surface area (Å²) in [6.07, 6.45) is 6.68. The molecule has 0 radical (unpaired) electrons. The molecule has 102 valence electrons. The van der Waals surface area contributed by atoms with Gasteiger partial charge in [0.25, 0.3) is 0 Å². The van der Waals surface area contributed by atoms with Gasteiger partial charge in [0.2, 0.25) is 0 Å². The maximum absolute atomic E-state index is 3.57. The first-order valence-electron chi connectivity index (χ1n) is 7.38. The molecule has 1 aromatic rings. The largest absolute Gasteiger partial charge is 0.315 e. The second-order valence-electron chi connectivity index (χ2n) is 5.21. The molecule has 18 heavy (non-hydrogen) atoms. The van der Waals surface area contributed by atoms with Crippen molar-refractivity contribution in [2.45, 2.75) is 45.6 Å². The molecule has 2 nitrogen and oxygen atoms in total. The zero-order valence-electron chi connectivity index (χ0n) is 11.6. The van der Waals surface area contributed by atoms with E-state index in [9.17, 15) is 0 Å². The fourth-order valence-corrected chi connectivity index (χ4v) is 3.43. The summed E-state index contributed by atoms with van der Waals surface area (Å²) in [6, 6.07) is 2.30. The molecule has 2 rings (SSSR count). The van der Waals surface area contributed by atoms with E-state index in [1.54, 1.807) is 10.4 Å². The topological polar surface area (TPSA) is 15.3 Å². The molecule has 0 saturated heterocycles. The summed E-state index contributed by atoms with van der Waals surface area (Å²) in [5.74, 6) is 0. The van der Waals surface area contributed by atoms with E-state index in [0.717, 1.165) is 13.1 Å². The number of hydrogen-bond donors (Lipinski definition) is 1. The fourth-order valence-electron chi connectivity index (χ4n) is 2.54. The van der Waals surface area contributed by atoms with Gasteiger partial charge in [-0.3, -0.25) is 4.90 Å². The summed E-state index contributed by atoms with van der Waals surface area (Å²) in [6.45, 7) is 8.20. The minimum atomic E-state index is 1.14. The maximum Gasteiger partial charge on any atom is 0.0245 e.